The summed E-state index contributed by atoms with van der Waals surface area (Å²) in [4.78, 5) is 0. The van der Waals surface area contributed by atoms with Crippen molar-refractivity contribution in [1.82, 2.24) is 15.1 Å². The highest BCUT2D eigenvalue weighted by atomic mass is 15.2. The van der Waals surface area contributed by atoms with Crippen molar-refractivity contribution in [2.45, 2.75) is 57.9 Å². The van der Waals surface area contributed by atoms with Crippen LogP contribution in [-0.2, 0) is 13.5 Å². The van der Waals surface area contributed by atoms with Crippen LogP contribution in [0.3, 0.4) is 0 Å². The first kappa shape index (κ1) is 13.6. The Bertz CT molecular complexity index is 345. The Morgan fingerprint density at radius 2 is 2.17 bits per heavy atom. The number of aryl methyl sites for hydroxylation is 2. The molecule has 1 N–H and O–H groups in total. The van der Waals surface area contributed by atoms with E-state index >= 15 is 0 Å². The molecular formula is C15H27N3. The van der Waals surface area contributed by atoms with Gasteiger partial charge in [0.2, 0.25) is 0 Å². The van der Waals surface area contributed by atoms with Crippen LogP contribution >= 0.6 is 0 Å². The van der Waals surface area contributed by atoms with Crippen LogP contribution < -0.4 is 5.32 Å². The average molecular weight is 249 g/mol. The summed E-state index contributed by atoms with van der Waals surface area (Å²) in [5, 5.41) is 7.95. The Kier molecular flexibility index (Phi) is 5.24. The Morgan fingerprint density at radius 1 is 1.33 bits per heavy atom. The minimum Gasteiger partial charge on any atom is -0.314 e. The predicted octanol–water partition coefficient (Wildman–Crippen LogP) is 2.91. The maximum absolute atomic E-state index is 4.26. The summed E-state index contributed by atoms with van der Waals surface area (Å²) in [6, 6.07) is 0.745. The number of rotatable bonds is 5. The average Bonchev–Trinajstić information content (AvgIpc) is 2.65. The molecule has 0 amide bonds. The van der Waals surface area contributed by atoms with Gasteiger partial charge in [0, 0.05) is 19.3 Å². The second-order valence-electron chi connectivity index (χ2n) is 5.62. The minimum atomic E-state index is 0.745. The highest BCUT2D eigenvalue weighted by Gasteiger charge is 2.22. The lowest BCUT2D eigenvalue weighted by atomic mass is 9.89. The molecule has 1 aromatic rings. The second-order valence-corrected chi connectivity index (χ2v) is 5.62. The predicted molar refractivity (Wildman–Crippen MR) is 75.6 cm³/mol. The van der Waals surface area contributed by atoms with Crippen LogP contribution in [0.1, 0.15) is 51.0 Å². The van der Waals surface area contributed by atoms with Crippen LogP contribution in [0, 0.1) is 5.92 Å². The Labute approximate surface area is 111 Å². The maximum Gasteiger partial charge on any atom is 0.0521 e. The molecule has 2 rings (SSSR count). The van der Waals surface area contributed by atoms with Crippen LogP contribution in [0.15, 0.2) is 12.4 Å². The molecule has 3 heteroatoms. The summed E-state index contributed by atoms with van der Waals surface area (Å²) in [7, 11) is 2.00. The van der Waals surface area contributed by atoms with Gasteiger partial charge in [-0.15, -0.1) is 0 Å². The summed E-state index contributed by atoms with van der Waals surface area (Å²) in [6.45, 7) is 3.33. The summed E-state index contributed by atoms with van der Waals surface area (Å²) < 4.78 is 1.91. The molecule has 1 heterocycles. The van der Waals surface area contributed by atoms with Gasteiger partial charge in [0.25, 0.3) is 0 Å². The van der Waals surface area contributed by atoms with E-state index < -0.39 is 0 Å². The standard InChI is InChI=1S/C15H27N3/c1-3-16-15-8-6-4-5-7-14(15)10-9-13-11-17-18(2)12-13/h11-12,14-16H,3-10H2,1-2H3. The first-order valence-corrected chi connectivity index (χ1v) is 7.50. The lowest BCUT2D eigenvalue weighted by Gasteiger charge is -2.25. The quantitative estimate of drug-likeness (QED) is 0.813. The zero-order valence-electron chi connectivity index (χ0n) is 11.9. The molecule has 0 aromatic carbocycles. The summed E-state index contributed by atoms with van der Waals surface area (Å²) in [6.07, 6.45) is 13.7. The fraction of sp³-hybridized carbons (Fsp3) is 0.800. The molecule has 18 heavy (non-hydrogen) atoms. The number of nitrogens with zero attached hydrogens (tertiary/aromatic N) is 2. The molecule has 2 unspecified atom stereocenters. The molecule has 1 saturated carbocycles. The highest BCUT2D eigenvalue weighted by Crippen LogP contribution is 2.27. The molecule has 1 fully saturated rings. The van der Waals surface area contributed by atoms with Crippen molar-refractivity contribution in [3.05, 3.63) is 18.0 Å². The van der Waals surface area contributed by atoms with Gasteiger partial charge in [0.15, 0.2) is 0 Å². The topological polar surface area (TPSA) is 29.9 Å². The molecule has 0 bridgehead atoms. The van der Waals surface area contributed by atoms with E-state index in [2.05, 4.69) is 23.5 Å². The van der Waals surface area contributed by atoms with Crippen LogP contribution in [0.4, 0.5) is 0 Å². The van der Waals surface area contributed by atoms with Crippen molar-refractivity contribution in [3.8, 4) is 0 Å². The van der Waals surface area contributed by atoms with Gasteiger partial charge in [-0.1, -0.05) is 26.2 Å². The third-order valence-corrected chi connectivity index (χ3v) is 4.19. The highest BCUT2D eigenvalue weighted by molar-refractivity contribution is 5.04. The van der Waals surface area contributed by atoms with Gasteiger partial charge in [-0.25, -0.2) is 0 Å². The van der Waals surface area contributed by atoms with Gasteiger partial charge in [0.1, 0.15) is 0 Å². The molecule has 0 saturated heterocycles. The number of hydrogen-bond donors (Lipinski definition) is 1. The SMILES string of the molecule is CCNC1CCCCCC1CCc1cnn(C)c1. The summed E-state index contributed by atoms with van der Waals surface area (Å²) in [5.74, 6) is 0.854. The Morgan fingerprint density at radius 3 is 2.89 bits per heavy atom. The van der Waals surface area contributed by atoms with Crippen LogP contribution in [0.5, 0.6) is 0 Å². The van der Waals surface area contributed by atoms with E-state index in [0.29, 0.717) is 0 Å². The van der Waals surface area contributed by atoms with Crippen molar-refractivity contribution < 1.29 is 0 Å². The number of hydrogen-bond acceptors (Lipinski definition) is 2. The maximum atomic E-state index is 4.26. The zero-order valence-corrected chi connectivity index (χ0v) is 11.9. The molecule has 0 aliphatic heterocycles. The van der Waals surface area contributed by atoms with E-state index in [-0.39, 0.29) is 0 Å². The molecule has 3 nitrogen and oxygen atoms in total. The van der Waals surface area contributed by atoms with Gasteiger partial charge in [-0.3, -0.25) is 4.68 Å². The van der Waals surface area contributed by atoms with Gasteiger partial charge >= 0.3 is 0 Å². The van der Waals surface area contributed by atoms with Gasteiger partial charge in [0.05, 0.1) is 6.20 Å². The first-order chi connectivity index (χ1) is 8.79. The molecule has 0 spiro atoms. The molecule has 0 radical (unpaired) electrons. The van der Waals surface area contributed by atoms with Crippen molar-refractivity contribution in [1.29, 1.82) is 0 Å². The monoisotopic (exact) mass is 249 g/mol. The third kappa shape index (κ3) is 3.84. The smallest absolute Gasteiger partial charge is 0.0521 e. The van der Waals surface area contributed by atoms with E-state index in [1.807, 2.05) is 17.9 Å². The lowest BCUT2D eigenvalue weighted by Crippen LogP contribution is -2.35. The van der Waals surface area contributed by atoms with Crippen molar-refractivity contribution in [2.24, 2.45) is 13.0 Å². The second kappa shape index (κ2) is 6.93. The van der Waals surface area contributed by atoms with Crippen molar-refractivity contribution in [2.75, 3.05) is 6.54 Å². The summed E-state index contributed by atoms with van der Waals surface area (Å²) >= 11 is 0. The molecule has 2 atom stereocenters. The molecule has 1 aliphatic carbocycles. The van der Waals surface area contributed by atoms with Crippen molar-refractivity contribution >= 4 is 0 Å². The largest absolute Gasteiger partial charge is 0.314 e. The molecular weight excluding hydrogens is 222 g/mol. The first-order valence-electron chi connectivity index (χ1n) is 7.50. The lowest BCUT2D eigenvalue weighted by molar-refractivity contribution is 0.321. The van der Waals surface area contributed by atoms with E-state index in [0.717, 1.165) is 18.5 Å². The molecule has 1 aromatic heterocycles. The number of aromatic nitrogens is 2. The van der Waals surface area contributed by atoms with E-state index in [4.69, 9.17) is 0 Å². The Hall–Kier alpha value is -0.830. The van der Waals surface area contributed by atoms with E-state index in [9.17, 15) is 0 Å². The van der Waals surface area contributed by atoms with Crippen molar-refractivity contribution in [3.63, 3.8) is 0 Å². The Balaban J connectivity index is 1.87. The molecule has 1 aliphatic rings. The minimum absolute atomic E-state index is 0.745. The van der Waals surface area contributed by atoms with Crippen LogP contribution in [-0.4, -0.2) is 22.4 Å². The van der Waals surface area contributed by atoms with Crippen LogP contribution in [0.2, 0.25) is 0 Å². The normalized spacial score (nSPS) is 25.0. The zero-order chi connectivity index (χ0) is 12.8. The summed E-state index contributed by atoms with van der Waals surface area (Å²) in [5.41, 5.74) is 1.39. The van der Waals surface area contributed by atoms with E-state index in [1.165, 1.54) is 50.5 Å². The van der Waals surface area contributed by atoms with Gasteiger partial charge in [-0.2, -0.15) is 5.10 Å². The van der Waals surface area contributed by atoms with Gasteiger partial charge in [-0.05, 0) is 43.7 Å². The fourth-order valence-corrected chi connectivity index (χ4v) is 3.21. The fourth-order valence-electron chi connectivity index (χ4n) is 3.21. The van der Waals surface area contributed by atoms with Crippen LogP contribution in [0.25, 0.3) is 0 Å². The number of nitrogens with one attached hydrogen (secondary N) is 1. The molecule has 102 valence electrons. The third-order valence-electron chi connectivity index (χ3n) is 4.19. The van der Waals surface area contributed by atoms with E-state index in [1.54, 1.807) is 0 Å². The van der Waals surface area contributed by atoms with Gasteiger partial charge < -0.3 is 5.32 Å².